The summed E-state index contributed by atoms with van der Waals surface area (Å²) in [6.45, 7) is 18.8. The van der Waals surface area contributed by atoms with Crippen LogP contribution in [0.4, 0.5) is 5.95 Å². The first-order valence-electron chi connectivity index (χ1n) is 46.2. The van der Waals surface area contributed by atoms with Gasteiger partial charge in [-0.15, -0.1) is 0 Å². The number of nitriles is 4. The van der Waals surface area contributed by atoms with E-state index in [0.717, 1.165) is 35.3 Å². The molecule has 0 amide bonds. The third-order valence-corrected chi connectivity index (χ3v) is 25.8. The van der Waals surface area contributed by atoms with Crippen molar-refractivity contribution in [1.82, 2.24) is 128 Å². The summed E-state index contributed by atoms with van der Waals surface area (Å²) in [6.07, 6.45) is 24.3. The van der Waals surface area contributed by atoms with Gasteiger partial charge < -0.3 is 9.64 Å². The van der Waals surface area contributed by atoms with Crippen LogP contribution in [0, 0.1) is 45.3 Å². The van der Waals surface area contributed by atoms with Crippen LogP contribution in [0.2, 0.25) is 0 Å². The molecule has 0 aliphatic carbocycles. The van der Waals surface area contributed by atoms with Crippen molar-refractivity contribution >= 4 is 111 Å². The number of pyridine rings is 8. The number of Topliss-reactive ketones (excluding diaryl/α,β-unsaturated/α-hetero) is 1. The lowest BCUT2D eigenvalue weighted by Crippen LogP contribution is -2.37. The number of rotatable bonds is 17. The molecular weight excluding hydrogens is 1910 g/mol. The molecule has 4 aromatic carbocycles. The molecule has 0 bridgehead atoms. The monoisotopic (exact) mass is 1990 g/mol. The van der Waals surface area contributed by atoms with Gasteiger partial charge in [-0.3, -0.25) is 82.1 Å². The highest BCUT2D eigenvalue weighted by Crippen LogP contribution is 2.35. The molecule has 0 spiro atoms. The lowest BCUT2D eigenvalue weighted by molar-refractivity contribution is -0.116. The summed E-state index contributed by atoms with van der Waals surface area (Å²) < 4.78 is 12.6. The maximum atomic E-state index is 13.2. The van der Waals surface area contributed by atoms with Gasteiger partial charge in [0.1, 0.15) is 33.7 Å². The molecule has 1 fully saturated rings. The Bertz CT molecular complexity index is 9670. The molecule has 0 saturated carbocycles. The fraction of sp³-hybridized carbons (Fsp3) is 0.178. The van der Waals surface area contributed by atoms with E-state index in [2.05, 4.69) is 114 Å². The Morgan fingerprint density at radius 3 is 0.899 bits per heavy atom. The molecule has 42 heteroatoms. The fourth-order valence-electron chi connectivity index (χ4n) is 16.8. The Labute approximate surface area is 845 Å². The van der Waals surface area contributed by atoms with E-state index in [-0.39, 0.29) is 33.7 Å². The normalized spacial score (nSPS) is 12.2. The van der Waals surface area contributed by atoms with Gasteiger partial charge in [0.2, 0.25) is 11.9 Å². The van der Waals surface area contributed by atoms with Crippen LogP contribution in [0.1, 0.15) is 90.4 Å². The summed E-state index contributed by atoms with van der Waals surface area (Å²) in [6, 6.07) is 53.4. The number of aromatic nitrogens is 26. The van der Waals surface area contributed by atoms with Crippen molar-refractivity contribution in [1.29, 1.82) is 21.0 Å². The summed E-state index contributed by atoms with van der Waals surface area (Å²) in [5.41, 5.74) is 7.63. The number of anilines is 1. The molecule has 17 aromatic heterocycles. The lowest BCUT2D eigenvalue weighted by Gasteiger charge is -2.26. The molecule has 22 rings (SSSR count). The molecule has 4 N–H and O–H groups in total. The highest BCUT2D eigenvalue weighted by Gasteiger charge is 2.29. The number of ether oxygens (including phenoxy) is 1. The Balaban J connectivity index is 0.000000125. The number of fused-ring (bicyclic) bond motifs is 12. The van der Waals surface area contributed by atoms with Gasteiger partial charge in [-0.05, 0) is 194 Å². The van der Waals surface area contributed by atoms with E-state index < -0.39 is 66.7 Å². The van der Waals surface area contributed by atoms with Crippen molar-refractivity contribution in [3.63, 3.8) is 0 Å². The highest BCUT2D eigenvalue weighted by atomic mass is 32.2. The number of hydrogen-bond donors (Lipinski definition) is 4. The molecule has 0 radical (unpaired) electrons. The number of aromatic amines is 4. The fourth-order valence-corrected chi connectivity index (χ4v) is 17.1. The smallest absolute Gasteiger partial charge is 0.333 e. The van der Waals surface area contributed by atoms with Gasteiger partial charge in [-0.2, -0.15) is 26.1 Å². The summed E-state index contributed by atoms with van der Waals surface area (Å²) in [5.74, 6) is 1.41. The largest absolute Gasteiger partial charge is 0.378 e. The summed E-state index contributed by atoms with van der Waals surface area (Å²) in [4.78, 5) is 198. The highest BCUT2D eigenvalue weighted by molar-refractivity contribution is 7.98. The minimum Gasteiger partial charge on any atom is -0.378 e. The van der Waals surface area contributed by atoms with Crippen molar-refractivity contribution in [2.45, 2.75) is 95.6 Å². The molecule has 0 atom stereocenters. The zero-order chi connectivity index (χ0) is 105. The minimum absolute atomic E-state index is 0.0402. The Kier molecular flexibility index (Phi) is 26.2. The van der Waals surface area contributed by atoms with Crippen molar-refractivity contribution in [3.05, 3.63) is 350 Å². The van der Waals surface area contributed by atoms with Gasteiger partial charge in [0, 0.05) is 122 Å². The van der Waals surface area contributed by atoms with Crippen LogP contribution in [-0.2, 0) is 37.6 Å². The predicted octanol–water partition coefficient (Wildman–Crippen LogP) is 12.4. The maximum Gasteiger partial charge on any atom is 0.333 e. The zero-order valence-corrected chi connectivity index (χ0v) is 81.9. The molecular formula is C107H83N31O10S. The number of benzene rings is 4. The number of nitrogens with one attached hydrogen (secondary N) is 4. The van der Waals surface area contributed by atoms with Crippen LogP contribution in [0.15, 0.2) is 282 Å². The van der Waals surface area contributed by atoms with Gasteiger partial charge in [0.25, 0.3) is 22.2 Å². The van der Waals surface area contributed by atoms with Gasteiger partial charge in [-0.1, -0.05) is 60.3 Å². The van der Waals surface area contributed by atoms with Gasteiger partial charge in [0.05, 0.1) is 177 Å². The predicted molar refractivity (Wildman–Crippen MR) is 558 cm³/mol. The number of hydrogen-bond acceptors (Lipinski definition) is 33. The first kappa shape index (κ1) is 98.0. The zero-order valence-electron chi connectivity index (χ0n) is 81.1. The van der Waals surface area contributed by atoms with Crippen LogP contribution in [0.5, 0.6) is 0 Å². The SMILES string of the molecule is CC(=O)Cc1ncc(-c2ccc3ncc4c(=O)[nH]c(=O)n(-c5ccc(C(C)(C)C#N)cc5)c4c3n2)cn1.CC(C)(C#N)c1ccc(-n2c(=O)[nH]c(=O)c3cnc4ccc(-c5cnc(-n6cccn6)nc5)nc4c32)cc1.CC(C)(C#N)c1ccc(-n2c(=O)[nH]c(=O)c3cnc4ccc(-c5cnc(N6CCOCC6)nc5)nc4c32)cc1.CSc1ncc(-c2ccc3ncc4c(=O)[nH]c(=O)n(-c5ccc(C(C)(C)C#N)cc5)c4c3n2)cn1. The van der Waals surface area contributed by atoms with E-state index >= 15 is 0 Å². The standard InChI is InChI=1S/C28H24N8O3.C27H19N9O2.C27H21N7O3.C25H19N7O2S/c1-28(2,16-29)18-3-5-19(6-4-18)36-24-20(25(37)34-27(36)38)15-30-22-8-7-21(33-23(22)24)17-13-31-26(32-14-17)35-9-11-39-12-10-35;1-27(2,15-28)17-4-6-18(7-5-17)36-23-19(24(37)34-26(36)38)14-29-21-9-8-20(33-22(21)23)16-12-30-25(31-13-16)35-11-3-10-32-35;1-15(35)10-22-30-11-16(12-31-22)20-8-9-21-23(32-20)24-19(13-29-21)25(36)33-26(37)34(24)18-6-4-17(5-7-18)27(2,3)14-28;1-25(2,13-26)15-4-6-16(7-5-15)32-21-17(22(33)31-24(32)34)12-27-19-9-8-18(30-20(19)21)14-10-28-23(35-3)29-11-14/h3-8,13-15H,9-12H2,1-2H3,(H,34,37,38);3-14H,1-2H3,(H,34,37,38);4-9,11-13H,10H2,1-3H3,(H,33,36,37);4-12H,1-3H3,(H,31,33,34). The van der Waals surface area contributed by atoms with Gasteiger partial charge in [0.15, 0.2) is 5.16 Å². The number of carbonyl (C=O) groups is 1. The third-order valence-electron chi connectivity index (χ3n) is 25.2. The van der Waals surface area contributed by atoms with E-state index in [1.807, 2.05) is 67.7 Å². The Morgan fingerprint density at radius 2 is 0.638 bits per heavy atom. The topological polar surface area (TPSA) is 568 Å². The van der Waals surface area contributed by atoms with Crippen molar-refractivity contribution in [2.24, 2.45) is 0 Å². The van der Waals surface area contributed by atoms with Crippen LogP contribution in [-0.4, -0.2) is 166 Å². The molecule has 1 aliphatic rings. The maximum absolute atomic E-state index is 13.2. The molecule has 149 heavy (non-hydrogen) atoms. The second kappa shape index (κ2) is 39.8. The number of nitrogens with zero attached hydrogens (tertiary/aromatic N) is 27. The van der Waals surface area contributed by atoms with E-state index in [4.69, 9.17) is 24.7 Å². The Hall–Kier alpha value is -19.8. The third kappa shape index (κ3) is 19.3. The molecule has 18 heterocycles. The van der Waals surface area contributed by atoms with Crippen LogP contribution in [0.3, 0.4) is 0 Å². The van der Waals surface area contributed by atoms with Crippen molar-refractivity contribution < 1.29 is 9.53 Å². The average molecular weight is 2000 g/mol. The molecule has 732 valence electrons. The summed E-state index contributed by atoms with van der Waals surface area (Å²) >= 11 is 1.44. The van der Waals surface area contributed by atoms with Crippen molar-refractivity contribution in [3.8, 4) is 98.0 Å². The number of H-pyrrole nitrogens is 4. The van der Waals surface area contributed by atoms with E-state index in [1.54, 1.807) is 212 Å². The molecule has 41 nitrogen and oxygen atoms in total. The second-order valence-corrected chi connectivity index (χ2v) is 37.4. The van der Waals surface area contributed by atoms with Crippen LogP contribution >= 0.6 is 11.8 Å². The molecule has 1 aliphatic heterocycles. The van der Waals surface area contributed by atoms with Crippen molar-refractivity contribution in [2.75, 3.05) is 37.5 Å². The van der Waals surface area contributed by atoms with E-state index in [9.17, 15) is 64.2 Å². The summed E-state index contributed by atoms with van der Waals surface area (Å²) in [7, 11) is 0. The number of carbonyl (C=O) groups excluding carboxylic acids is 1. The quantitative estimate of drug-likeness (QED) is 0.0374. The van der Waals surface area contributed by atoms with Crippen LogP contribution in [0.25, 0.3) is 161 Å². The minimum atomic E-state index is -0.703. The molecule has 21 aromatic rings. The van der Waals surface area contributed by atoms with E-state index in [0.29, 0.717) is 170 Å². The number of morpholine rings is 1. The average Bonchev–Trinajstić information content (AvgIpc) is 0.914. The number of ketones is 1. The first-order chi connectivity index (χ1) is 71.7. The molecule has 0 unspecified atom stereocenters. The van der Waals surface area contributed by atoms with Gasteiger partial charge >= 0.3 is 22.8 Å². The molecule has 1 saturated heterocycles. The lowest BCUT2D eigenvalue weighted by atomic mass is 9.86. The summed E-state index contributed by atoms with van der Waals surface area (Å²) in [5, 5.41) is 43.5. The number of thioether (sulfide) groups is 1. The second-order valence-electron chi connectivity index (χ2n) is 36.7. The van der Waals surface area contributed by atoms with E-state index in [1.165, 1.54) is 61.7 Å². The Morgan fingerprint density at radius 1 is 0.362 bits per heavy atom. The van der Waals surface area contributed by atoms with Gasteiger partial charge in [-0.25, -0.2) is 83.7 Å². The first-order valence-corrected chi connectivity index (χ1v) is 47.5. The van der Waals surface area contributed by atoms with Crippen LogP contribution < -0.4 is 49.9 Å².